The second-order valence-corrected chi connectivity index (χ2v) is 4.00. The summed E-state index contributed by atoms with van der Waals surface area (Å²) in [4.78, 5) is 30.8. The van der Waals surface area contributed by atoms with Crippen LogP contribution in [0.4, 0.5) is 0 Å². The van der Waals surface area contributed by atoms with Gasteiger partial charge < -0.3 is 10.7 Å². The molecule has 0 bridgehead atoms. The van der Waals surface area contributed by atoms with Crippen LogP contribution in [0.15, 0.2) is 9.59 Å². The number of H-pyrrole nitrogens is 1. The fraction of sp³-hybridized carbons (Fsp3) is 0.500. The molecule has 2 rings (SSSR count). The molecule has 0 spiro atoms. The summed E-state index contributed by atoms with van der Waals surface area (Å²) in [6.07, 6.45) is 0. The van der Waals surface area contributed by atoms with Gasteiger partial charge in [-0.3, -0.25) is 13.9 Å². The summed E-state index contributed by atoms with van der Waals surface area (Å²) >= 11 is 0. The molecule has 2 heterocycles. The van der Waals surface area contributed by atoms with Gasteiger partial charge >= 0.3 is 5.69 Å². The van der Waals surface area contributed by atoms with E-state index in [4.69, 9.17) is 5.73 Å². The van der Waals surface area contributed by atoms with Gasteiger partial charge in [0.2, 0.25) is 0 Å². The van der Waals surface area contributed by atoms with Crippen molar-refractivity contribution in [3.05, 3.63) is 26.7 Å². The molecule has 7 heteroatoms. The van der Waals surface area contributed by atoms with Crippen LogP contribution in [-0.4, -0.2) is 19.1 Å². The first kappa shape index (κ1) is 11.6. The van der Waals surface area contributed by atoms with Gasteiger partial charge in [0.1, 0.15) is 11.3 Å². The largest absolute Gasteiger partial charge is 0.335 e. The number of fused-ring (bicyclic) bond motifs is 1. The average molecular weight is 237 g/mol. The molecule has 0 aliphatic heterocycles. The molecule has 0 amide bonds. The molecular weight excluding hydrogens is 222 g/mol. The predicted molar refractivity (Wildman–Crippen MR) is 63.9 cm³/mol. The zero-order chi connectivity index (χ0) is 12.7. The van der Waals surface area contributed by atoms with Gasteiger partial charge in [0.05, 0.1) is 6.04 Å². The lowest BCUT2D eigenvalue weighted by Gasteiger charge is -2.04. The van der Waals surface area contributed by atoms with Crippen LogP contribution >= 0.6 is 0 Å². The third-order valence-corrected chi connectivity index (χ3v) is 2.74. The van der Waals surface area contributed by atoms with Crippen LogP contribution in [0.25, 0.3) is 11.2 Å². The van der Waals surface area contributed by atoms with E-state index in [-0.39, 0.29) is 17.3 Å². The molecule has 92 valence electrons. The highest BCUT2D eigenvalue weighted by molar-refractivity contribution is 5.69. The summed E-state index contributed by atoms with van der Waals surface area (Å²) in [6.45, 7) is 4.04. The molecule has 0 saturated carbocycles. The number of aromatic amines is 1. The molecule has 7 nitrogen and oxygen atoms in total. The van der Waals surface area contributed by atoms with Crippen LogP contribution in [0.2, 0.25) is 0 Å². The zero-order valence-corrected chi connectivity index (χ0v) is 10.0. The van der Waals surface area contributed by atoms with Crippen LogP contribution in [-0.2, 0) is 13.6 Å². The van der Waals surface area contributed by atoms with Gasteiger partial charge in [-0.15, -0.1) is 0 Å². The van der Waals surface area contributed by atoms with Gasteiger partial charge in [-0.1, -0.05) is 0 Å². The number of nitrogens with zero attached hydrogens (tertiary/aromatic N) is 3. The summed E-state index contributed by atoms with van der Waals surface area (Å²) < 4.78 is 2.51. The van der Waals surface area contributed by atoms with E-state index >= 15 is 0 Å². The third-order valence-electron chi connectivity index (χ3n) is 2.74. The van der Waals surface area contributed by atoms with Crippen molar-refractivity contribution >= 4 is 11.2 Å². The average Bonchev–Trinajstić information content (AvgIpc) is 2.72. The van der Waals surface area contributed by atoms with Crippen molar-refractivity contribution in [1.82, 2.24) is 19.1 Å². The van der Waals surface area contributed by atoms with Crippen molar-refractivity contribution in [3.63, 3.8) is 0 Å². The van der Waals surface area contributed by atoms with Gasteiger partial charge in [0.15, 0.2) is 5.65 Å². The van der Waals surface area contributed by atoms with Crippen molar-refractivity contribution in [3.8, 4) is 0 Å². The number of rotatable bonds is 2. The van der Waals surface area contributed by atoms with E-state index in [0.29, 0.717) is 23.5 Å². The SMILES string of the molecule is CCn1c(=O)n(C)c(=O)c2[nH]c(C(C)N)nc21. The number of hydrogen-bond donors (Lipinski definition) is 2. The minimum absolute atomic E-state index is 0.312. The van der Waals surface area contributed by atoms with Gasteiger partial charge in [0.25, 0.3) is 5.56 Å². The summed E-state index contributed by atoms with van der Waals surface area (Å²) in [5, 5.41) is 0. The summed E-state index contributed by atoms with van der Waals surface area (Å²) in [7, 11) is 1.45. The summed E-state index contributed by atoms with van der Waals surface area (Å²) in [6, 6.07) is -0.312. The number of nitrogens with one attached hydrogen (secondary N) is 1. The first-order chi connectivity index (χ1) is 7.97. The smallest absolute Gasteiger partial charge is 0.332 e. The fourth-order valence-electron chi connectivity index (χ4n) is 1.75. The van der Waals surface area contributed by atoms with E-state index in [1.807, 2.05) is 6.92 Å². The lowest BCUT2D eigenvalue weighted by molar-refractivity contribution is 0.651. The highest BCUT2D eigenvalue weighted by atomic mass is 16.2. The number of aromatic nitrogens is 4. The molecule has 1 unspecified atom stereocenters. The van der Waals surface area contributed by atoms with Crippen molar-refractivity contribution in [2.24, 2.45) is 12.8 Å². The predicted octanol–water partition coefficient (Wildman–Crippen LogP) is -0.537. The number of hydrogen-bond acceptors (Lipinski definition) is 4. The molecule has 0 aromatic carbocycles. The first-order valence-electron chi connectivity index (χ1n) is 5.42. The highest BCUT2D eigenvalue weighted by Gasteiger charge is 2.15. The second kappa shape index (κ2) is 3.85. The molecule has 1 atom stereocenters. The fourth-order valence-corrected chi connectivity index (χ4v) is 1.75. The molecule has 2 aromatic heterocycles. The van der Waals surface area contributed by atoms with Crippen LogP contribution in [0, 0.1) is 0 Å². The normalized spacial score (nSPS) is 13.2. The van der Waals surface area contributed by atoms with Crippen LogP contribution in [0.3, 0.4) is 0 Å². The van der Waals surface area contributed by atoms with Crippen molar-refractivity contribution in [1.29, 1.82) is 0 Å². The Kier molecular flexibility index (Phi) is 2.62. The Morgan fingerprint density at radius 3 is 2.65 bits per heavy atom. The molecule has 0 aliphatic rings. The van der Waals surface area contributed by atoms with Gasteiger partial charge in [-0.2, -0.15) is 0 Å². The summed E-state index contributed by atoms with van der Waals surface area (Å²) in [5.41, 5.74) is 5.65. The molecule has 17 heavy (non-hydrogen) atoms. The Labute approximate surface area is 96.9 Å². The van der Waals surface area contributed by atoms with Crippen molar-refractivity contribution in [2.75, 3.05) is 0 Å². The standard InChI is InChI=1S/C10H15N5O2/c1-4-15-8-6(9(16)14(3)10(15)17)12-7(13-8)5(2)11/h5H,4,11H2,1-3H3,(H,12,13). The Balaban J connectivity index is 2.97. The minimum atomic E-state index is -0.380. The Bertz CT molecular complexity index is 676. The maximum Gasteiger partial charge on any atom is 0.332 e. The van der Waals surface area contributed by atoms with E-state index in [2.05, 4.69) is 9.97 Å². The van der Waals surface area contributed by atoms with Crippen molar-refractivity contribution in [2.45, 2.75) is 26.4 Å². The molecule has 3 N–H and O–H groups in total. The summed E-state index contributed by atoms with van der Waals surface area (Å²) in [5.74, 6) is 0.505. The van der Waals surface area contributed by atoms with Crippen LogP contribution < -0.4 is 17.0 Å². The van der Waals surface area contributed by atoms with Crippen LogP contribution in [0.5, 0.6) is 0 Å². The third kappa shape index (κ3) is 1.59. The monoisotopic (exact) mass is 237 g/mol. The van der Waals surface area contributed by atoms with E-state index in [1.165, 1.54) is 11.6 Å². The van der Waals surface area contributed by atoms with Gasteiger partial charge in [-0.25, -0.2) is 9.78 Å². The maximum atomic E-state index is 11.9. The number of nitrogens with two attached hydrogens (primary N) is 1. The molecule has 0 saturated heterocycles. The van der Waals surface area contributed by atoms with Crippen molar-refractivity contribution < 1.29 is 0 Å². The molecule has 0 fully saturated rings. The minimum Gasteiger partial charge on any atom is -0.335 e. The maximum absolute atomic E-state index is 11.9. The van der Waals surface area contributed by atoms with E-state index in [0.717, 1.165) is 4.57 Å². The topological polar surface area (TPSA) is 98.7 Å². The van der Waals surface area contributed by atoms with E-state index in [9.17, 15) is 9.59 Å². The Morgan fingerprint density at radius 1 is 1.47 bits per heavy atom. The lowest BCUT2D eigenvalue weighted by atomic mass is 10.3. The molecule has 0 radical (unpaired) electrons. The number of aryl methyl sites for hydroxylation is 1. The quantitative estimate of drug-likeness (QED) is 0.733. The highest BCUT2D eigenvalue weighted by Crippen LogP contribution is 2.09. The second-order valence-electron chi connectivity index (χ2n) is 4.00. The zero-order valence-electron chi connectivity index (χ0n) is 10.0. The van der Waals surface area contributed by atoms with E-state index in [1.54, 1.807) is 6.92 Å². The lowest BCUT2D eigenvalue weighted by Crippen LogP contribution is -2.37. The van der Waals surface area contributed by atoms with E-state index < -0.39 is 0 Å². The van der Waals surface area contributed by atoms with Gasteiger partial charge in [-0.05, 0) is 13.8 Å². The first-order valence-corrected chi connectivity index (χ1v) is 5.42. The molecule has 2 aromatic rings. The van der Waals surface area contributed by atoms with Crippen LogP contribution in [0.1, 0.15) is 25.7 Å². The number of imidazole rings is 1. The Morgan fingerprint density at radius 2 is 2.12 bits per heavy atom. The molecular formula is C10H15N5O2. The van der Waals surface area contributed by atoms with Gasteiger partial charge in [0, 0.05) is 13.6 Å². The Hall–Kier alpha value is -1.89. The molecule has 0 aliphatic carbocycles.